The van der Waals surface area contributed by atoms with Crippen molar-refractivity contribution in [3.63, 3.8) is 0 Å². The van der Waals surface area contributed by atoms with Crippen LogP contribution in [0.15, 0.2) is 72.9 Å². The van der Waals surface area contributed by atoms with Gasteiger partial charge in [-0.3, -0.25) is 9.78 Å². The molecule has 3 rings (SSSR count). The molecule has 28 heavy (non-hydrogen) atoms. The molecule has 1 heterocycles. The van der Waals surface area contributed by atoms with Gasteiger partial charge in [0.15, 0.2) is 0 Å². The number of fused-ring (bicyclic) bond motifs is 1. The number of ether oxygens (including phenoxy) is 1. The largest absolute Gasteiger partial charge is 0.493 e. The summed E-state index contributed by atoms with van der Waals surface area (Å²) in [7, 11) is 0. The number of pyridine rings is 1. The lowest BCUT2D eigenvalue weighted by molar-refractivity contribution is 0.0951. The number of rotatable bonds is 9. The molecular weight excluding hydrogens is 348 g/mol. The van der Waals surface area contributed by atoms with Crippen LogP contribution >= 0.6 is 0 Å². The van der Waals surface area contributed by atoms with Gasteiger partial charge in [-0.25, -0.2) is 0 Å². The van der Waals surface area contributed by atoms with Crippen molar-refractivity contribution < 1.29 is 9.53 Å². The van der Waals surface area contributed by atoms with Gasteiger partial charge in [0, 0.05) is 23.7 Å². The maximum atomic E-state index is 12.5. The molecule has 0 bridgehead atoms. The smallest absolute Gasteiger partial charge is 0.251 e. The van der Waals surface area contributed by atoms with Gasteiger partial charge in [0.25, 0.3) is 5.91 Å². The minimum absolute atomic E-state index is 0.0989. The van der Waals surface area contributed by atoms with Crippen molar-refractivity contribution in [3.8, 4) is 5.75 Å². The lowest BCUT2D eigenvalue weighted by atomic mass is 10.1. The lowest BCUT2D eigenvalue weighted by Gasteiger charge is -2.09. The minimum atomic E-state index is -0.0989. The van der Waals surface area contributed by atoms with E-state index in [-0.39, 0.29) is 5.91 Å². The van der Waals surface area contributed by atoms with Crippen molar-refractivity contribution >= 4 is 16.8 Å². The summed E-state index contributed by atoms with van der Waals surface area (Å²) >= 11 is 0. The Morgan fingerprint density at radius 1 is 1.07 bits per heavy atom. The molecule has 0 saturated heterocycles. The van der Waals surface area contributed by atoms with Gasteiger partial charge < -0.3 is 10.1 Å². The number of nitrogens with one attached hydrogen (secondary N) is 1. The van der Waals surface area contributed by atoms with Crippen LogP contribution in [0.2, 0.25) is 0 Å². The zero-order valence-electron chi connectivity index (χ0n) is 16.2. The van der Waals surface area contributed by atoms with Gasteiger partial charge in [-0.15, -0.1) is 0 Å². The Morgan fingerprint density at radius 3 is 2.86 bits per heavy atom. The number of benzene rings is 2. The van der Waals surface area contributed by atoms with E-state index in [2.05, 4.69) is 29.4 Å². The first-order valence-electron chi connectivity index (χ1n) is 9.76. The minimum Gasteiger partial charge on any atom is -0.493 e. The van der Waals surface area contributed by atoms with Gasteiger partial charge in [-0.2, -0.15) is 0 Å². The molecule has 0 radical (unpaired) electrons. The molecule has 2 aromatic carbocycles. The van der Waals surface area contributed by atoms with Crippen molar-refractivity contribution in [1.82, 2.24) is 10.3 Å². The third kappa shape index (κ3) is 5.68. The molecule has 1 aromatic heterocycles. The fourth-order valence-electron chi connectivity index (χ4n) is 2.89. The third-order valence-electron chi connectivity index (χ3n) is 4.39. The highest BCUT2D eigenvalue weighted by Gasteiger charge is 2.07. The number of carbonyl (C=O) groups excluding carboxylic acids is 1. The fourth-order valence-corrected chi connectivity index (χ4v) is 2.89. The van der Waals surface area contributed by atoms with Gasteiger partial charge >= 0.3 is 0 Å². The van der Waals surface area contributed by atoms with Gasteiger partial charge in [-0.05, 0) is 54.8 Å². The lowest BCUT2D eigenvalue weighted by Crippen LogP contribution is -2.22. The predicted octanol–water partition coefficient (Wildman–Crippen LogP) is 5.29. The Morgan fingerprint density at radius 2 is 1.96 bits per heavy atom. The van der Waals surface area contributed by atoms with Crippen molar-refractivity contribution in [1.29, 1.82) is 0 Å². The molecular formula is C24H26N2O2. The first-order chi connectivity index (χ1) is 13.8. The van der Waals surface area contributed by atoms with E-state index in [1.54, 1.807) is 12.3 Å². The van der Waals surface area contributed by atoms with E-state index < -0.39 is 0 Å². The van der Waals surface area contributed by atoms with Gasteiger partial charge in [0.2, 0.25) is 0 Å². The quantitative estimate of drug-likeness (QED) is 0.409. The maximum Gasteiger partial charge on any atom is 0.251 e. The molecule has 0 saturated carbocycles. The van der Waals surface area contributed by atoms with Crippen molar-refractivity contribution in [3.05, 3.63) is 84.1 Å². The fraction of sp³-hybridized carbons (Fsp3) is 0.250. The molecule has 0 unspecified atom stereocenters. The maximum absolute atomic E-state index is 12.5. The standard InChI is InChI=1S/C24H26N2O2/c1-2-3-4-5-6-15-28-22-11-7-9-19(16-22)18-26-24(27)21-12-13-23-20(17-21)10-8-14-25-23/h4-5,7-14,16-17H,2-3,6,15,18H2,1H3,(H,26,27)/b5-4+. The topological polar surface area (TPSA) is 51.2 Å². The summed E-state index contributed by atoms with van der Waals surface area (Å²) in [6, 6.07) is 17.2. The van der Waals surface area contributed by atoms with Crippen molar-refractivity contribution in [2.24, 2.45) is 0 Å². The number of hydrogen-bond acceptors (Lipinski definition) is 3. The van der Waals surface area contributed by atoms with Crippen molar-refractivity contribution in [2.45, 2.75) is 32.7 Å². The Hall–Kier alpha value is -3.14. The molecule has 0 atom stereocenters. The van der Waals surface area contributed by atoms with E-state index in [0.717, 1.165) is 35.1 Å². The molecule has 1 amide bonds. The number of carbonyl (C=O) groups is 1. The van der Waals surface area contributed by atoms with Crippen LogP contribution in [0.3, 0.4) is 0 Å². The van der Waals surface area contributed by atoms with Gasteiger partial charge in [0.1, 0.15) is 5.75 Å². The van der Waals surface area contributed by atoms with E-state index in [4.69, 9.17) is 4.74 Å². The monoisotopic (exact) mass is 374 g/mol. The average Bonchev–Trinajstić information content (AvgIpc) is 2.74. The van der Waals surface area contributed by atoms with Crippen LogP contribution in [0.1, 0.15) is 42.1 Å². The molecule has 0 aliphatic heterocycles. The van der Waals surface area contributed by atoms with E-state index in [1.165, 1.54) is 6.42 Å². The third-order valence-corrected chi connectivity index (χ3v) is 4.39. The summed E-state index contributed by atoms with van der Waals surface area (Å²) in [6.45, 7) is 3.28. The Bertz CT molecular complexity index is 950. The molecule has 4 heteroatoms. The molecule has 0 aliphatic carbocycles. The van der Waals surface area contributed by atoms with Crippen molar-refractivity contribution in [2.75, 3.05) is 6.61 Å². The van der Waals surface area contributed by atoms with E-state index in [0.29, 0.717) is 18.7 Å². The van der Waals surface area contributed by atoms with Crippen LogP contribution in [0.5, 0.6) is 5.75 Å². The predicted molar refractivity (Wildman–Crippen MR) is 114 cm³/mol. The molecule has 0 fully saturated rings. The van der Waals surface area contributed by atoms with Crippen LogP contribution in [0, 0.1) is 0 Å². The Labute approximate surface area is 166 Å². The zero-order valence-corrected chi connectivity index (χ0v) is 16.2. The summed E-state index contributed by atoms with van der Waals surface area (Å²) in [5, 5.41) is 3.93. The number of hydrogen-bond donors (Lipinski definition) is 1. The summed E-state index contributed by atoms with van der Waals surface area (Å²) in [4.78, 5) is 16.8. The van der Waals surface area contributed by atoms with E-state index >= 15 is 0 Å². The van der Waals surface area contributed by atoms with Crippen LogP contribution in [0.4, 0.5) is 0 Å². The normalized spacial score (nSPS) is 11.0. The number of aromatic nitrogens is 1. The van der Waals surface area contributed by atoms with Crippen LogP contribution in [-0.4, -0.2) is 17.5 Å². The number of amides is 1. The molecule has 4 nitrogen and oxygen atoms in total. The highest BCUT2D eigenvalue weighted by Crippen LogP contribution is 2.15. The Kier molecular flexibility index (Phi) is 7.19. The zero-order chi connectivity index (χ0) is 19.6. The number of allylic oxidation sites excluding steroid dienone is 1. The summed E-state index contributed by atoms with van der Waals surface area (Å²) in [5.41, 5.74) is 2.52. The second-order valence-corrected chi connectivity index (χ2v) is 6.64. The summed E-state index contributed by atoms with van der Waals surface area (Å²) < 4.78 is 5.80. The first-order valence-corrected chi connectivity index (χ1v) is 9.76. The summed E-state index contributed by atoms with van der Waals surface area (Å²) in [5.74, 6) is 0.727. The average molecular weight is 374 g/mol. The second kappa shape index (κ2) is 10.3. The second-order valence-electron chi connectivity index (χ2n) is 6.64. The number of unbranched alkanes of at least 4 members (excludes halogenated alkanes) is 1. The highest BCUT2D eigenvalue weighted by atomic mass is 16.5. The van der Waals surface area contributed by atoms with Crippen LogP contribution in [-0.2, 0) is 6.54 Å². The van der Waals surface area contributed by atoms with E-state index in [9.17, 15) is 4.79 Å². The first kappa shape index (κ1) is 19.6. The van der Waals surface area contributed by atoms with Gasteiger partial charge in [-0.1, -0.05) is 43.7 Å². The highest BCUT2D eigenvalue weighted by molar-refractivity contribution is 5.97. The molecule has 0 aliphatic rings. The van der Waals surface area contributed by atoms with Crippen LogP contribution < -0.4 is 10.1 Å². The van der Waals surface area contributed by atoms with Crippen LogP contribution in [0.25, 0.3) is 10.9 Å². The van der Waals surface area contributed by atoms with Gasteiger partial charge in [0.05, 0.1) is 12.1 Å². The number of nitrogens with zero attached hydrogens (tertiary/aromatic N) is 1. The summed E-state index contributed by atoms with van der Waals surface area (Å²) in [6.07, 6.45) is 9.28. The molecule has 0 spiro atoms. The molecule has 3 aromatic rings. The Balaban J connectivity index is 1.52. The molecule has 144 valence electrons. The van der Waals surface area contributed by atoms with E-state index in [1.807, 2.05) is 48.5 Å². The SMILES string of the molecule is CCC/C=C/CCOc1cccc(CNC(=O)c2ccc3ncccc3c2)c1. The molecule has 1 N–H and O–H groups in total.